The fourth-order valence-electron chi connectivity index (χ4n) is 3.68. The SMILES string of the molecule is Cc1noc(-c2ccc(NC(=O)c3ccc4c(c3)C(=O)N(Cc3ccco3)C4=O)c(C)c2)n1. The molecule has 4 aromatic rings. The van der Waals surface area contributed by atoms with Gasteiger partial charge in [-0.25, -0.2) is 0 Å². The van der Waals surface area contributed by atoms with Gasteiger partial charge in [-0.1, -0.05) is 5.16 Å². The number of nitrogens with one attached hydrogen (secondary N) is 1. The Balaban J connectivity index is 1.35. The van der Waals surface area contributed by atoms with Crippen LogP contribution < -0.4 is 5.32 Å². The van der Waals surface area contributed by atoms with Crippen LogP contribution in [0, 0.1) is 13.8 Å². The van der Waals surface area contributed by atoms with Gasteiger partial charge in [0.2, 0.25) is 0 Å². The number of hydrogen-bond donors (Lipinski definition) is 1. The lowest BCUT2D eigenvalue weighted by Gasteiger charge is -2.11. The predicted octanol–water partition coefficient (Wildman–Crippen LogP) is 3.99. The summed E-state index contributed by atoms with van der Waals surface area (Å²) >= 11 is 0. The van der Waals surface area contributed by atoms with Crippen LogP contribution in [-0.4, -0.2) is 32.8 Å². The topological polar surface area (TPSA) is 119 Å². The molecule has 5 rings (SSSR count). The Bertz CT molecular complexity index is 1400. The van der Waals surface area contributed by atoms with Crippen LogP contribution in [0.3, 0.4) is 0 Å². The summed E-state index contributed by atoms with van der Waals surface area (Å²) in [5, 5.41) is 6.63. The minimum Gasteiger partial charge on any atom is -0.467 e. The number of anilines is 1. The smallest absolute Gasteiger partial charge is 0.261 e. The fraction of sp³-hybridized carbons (Fsp3) is 0.125. The number of aryl methyl sites for hydroxylation is 2. The van der Waals surface area contributed by atoms with E-state index in [1.54, 1.807) is 31.2 Å². The van der Waals surface area contributed by atoms with Gasteiger partial charge in [0.05, 0.1) is 23.9 Å². The molecule has 164 valence electrons. The number of furan rings is 1. The van der Waals surface area contributed by atoms with Crippen LogP contribution >= 0.6 is 0 Å². The molecule has 0 spiro atoms. The van der Waals surface area contributed by atoms with Crippen LogP contribution in [0.5, 0.6) is 0 Å². The summed E-state index contributed by atoms with van der Waals surface area (Å²) in [4.78, 5) is 43.6. The quantitative estimate of drug-likeness (QED) is 0.464. The maximum absolute atomic E-state index is 12.9. The Hall–Kier alpha value is -4.53. The second-order valence-electron chi connectivity index (χ2n) is 7.67. The zero-order valence-corrected chi connectivity index (χ0v) is 17.8. The number of rotatable bonds is 5. The van der Waals surface area contributed by atoms with E-state index in [0.29, 0.717) is 23.2 Å². The molecule has 3 heterocycles. The lowest BCUT2D eigenvalue weighted by atomic mass is 10.0. The average molecular weight is 442 g/mol. The Morgan fingerprint density at radius 2 is 1.85 bits per heavy atom. The van der Waals surface area contributed by atoms with E-state index in [4.69, 9.17) is 8.94 Å². The minimum absolute atomic E-state index is 0.0337. The summed E-state index contributed by atoms with van der Waals surface area (Å²) in [6, 6.07) is 13.2. The largest absolute Gasteiger partial charge is 0.467 e. The van der Waals surface area contributed by atoms with Gasteiger partial charge in [0.25, 0.3) is 23.6 Å². The lowest BCUT2D eigenvalue weighted by Crippen LogP contribution is -2.28. The van der Waals surface area contributed by atoms with Crippen LogP contribution in [-0.2, 0) is 6.54 Å². The maximum atomic E-state index is 12.9. The van der Waals surface area contributed by atoms with Crippen molar-refractivity contribution in [2.45, 2.75) is 20.4 Å². The van der Waals surface area contributed by atoms with Gasteiger partial charge in [-0.15, -0.1) is 0 Å². The van der Waals surface area contributed by atoms with Crippen molar-refractivity contribution in [2.24, 2.45) is 0 Å². The predicted molar refractivity (Wildman–Crippen MR) is 117 cm³/mol. The molecule has 0 atom stereocenters. The molecule has 0 fully saturated rings. The second-order valence-corrected chi connectivity index (χ2v) is 7.67. The molecule has 1 aliphatic rings. The second kappa shape index (κ2) is 7.86. The van der Waals surface area contributed by atoms with Gasteiger partial charge in [-0.05, 0) is 67.9 Å². The fourth-order valence-corrected chi connectivity index (χ4v) is 3.68. The highest BCUT2D eigenvalue weighted by atomic mass is 16.5. The zero-order valence-electron chi connectivity index (χ0n) is 17.8. The highest BCUT2D eigenvalue weighted by molar-refractivity contribution is 6.22. The van der Waals surface area contributed by atoms with E-state index in [2.05, 4.69) is 15.5 Å². The molecule has 2 aromatic carbocycles. The van der Waals surface area contributed by atoms with Gasteiger partial charge >= 0.3 is 0 Å². The van der Waals surface area contributed by atoms with Crippen molar-refractivity contribution in [3.63, 3.8) is 0 Å². The monoisotopic (exact) mass is 442 g/mol. The van der Waals surface area contributed by atoms with Crippen molar-refractivity contribution in [1.82, 2.24) is 15.0 Å². The maximum Gasteiger partial charge on any atom is 0.261 e. The molecule has 33 heavy (non-hydrogen) atoms. The Labute approximate surface area is 188 Å². The van der Waals surface area contributed by atoms with Crippen molar-refractivity contribution in [2.75, 3.05) is 5.32 Å². The van der Waals surface area contributed by atoms with E-state index in [1.165, 1.54) is 24.5 Å². The van der Waals surface area contributed by atoms with Gasteiger partial charge in [0.1, 0.15) is 5.76 Å². The van der Waals surface area contributed by atoms with Crippen LogP contribution in [0.4, 0.5) is 5.69 Å². The number of benzene rings is 2. The highest BCUT2D eigenvalue weighted by Gasteiger charge is 2.36. The van der Waals surface area contributed by atoms with E-state index >= 15 is 0 Å². The molecular formula is C24H18N4O5. The van der Waals surface area contributed by atoms with Gasteiger partial charge in [-0.2, -0.15) is 4.98 Å². The molecule has 1 aliphatic heterocycles. The highest BCUT2D eigenvalue weighted by Crippen LogP contribution is 2.27. The molecule has 0 saturated carbocycles. The first-order valence-corrected chi connectivity index (χ1v) is 10.2. The number of amides is 3. The molecule has 0 unspecified atom stereocenters. The zero-order chi connectivity index (χ0) is 23.1. The molecule has 0 saturated heterocycles. The summed E-state index contributed by atoms with van der Waals surface area (Å²) in [6.07, 6.45) is 1.48. The summed E-state index contributed by atoms with van der Waals surface area (Å²) in [6.45, 7) is 3.62. The first-order chi connectivity index (χ1) is 15.9. The number of hydrogen-bond acceptors (Lipinski definition) is 7. The molecule has 9 heteroatoms. The molecule has 9 nitrogen and oxygen atoms in total. The molecule has 0 aliphatic carbocycles. The Morgan fingerprint density at radius 3 is 2.55 bits per heavy atom. The molecule has 1 N–H and O–H groups in total. The van der Waals surface area contributed by atoms with E-state index in [-0.39, 0.29) is 23.2 Å². The van der Waals surface area contributed by atoms with Crippen molar-refractivity contribution in [3.05, 3.63) is 88.6 Å². The van der Waals surface area contributed by atoms with Gasteiger partial charge in [-0.3, -0.25) is 19.3 Å². The van der Waals surface area contributed by atoms with Gasteiger partial charge in [0, 0.05) is 16.8 Å². The van der Waals surface area contributed by atoms with Crippen LogP contribution in [0.25, 0.3) is 11.5 Å². The first-order valence-electron chi connectivity index (χ1n) is 10.2. The van der Waals surface area contributed by atoms with Gasteiger partial charge in [0.15, 0.2) is 5.82 Å². The Morgan fingerprint density at radius 1 is 1.03 bits per heavy atom. The molecule has 0 radical (unpaired) electrons. The van der Waals surface area contributed by atoms with Crippen LogP contribution in [0.15, 0.2) is 63.7 Å². The molecule has 3 amide bonds. The minimum atomic E-state index is -0.462. The summed E-state index contributed by atoms with van der Waals surface area (Å²) in [5.41, 5.74) is 2.86. The number of aromatic nitrogens is 2. The summed E-state index contributed by atoms with van der Waals surface area (Å²) in [7, 11) is 0. The first kappa shape index (κ1) is 20.4. The Kier molecular flexibility index (Phi) is 4.86. The van der Waals surface area contributed by atoms with E-state index in [9.17, 15) is 14.4 Å². The van der Waals surface area contributed by atoms with Crippen molar-refractivity contribution < 1.29 is 23.3 Å². The van der Waals surface area contributed by atoms with Gasteiger partial charge < -0.3 is 14.3 Å². The van der Waals surface area contributed by atoms with Crippen molar-refractivity contribution in [3.8, 4) is 11.5 Å². The van der Waals surface area contributed by atoms with E-state index in [1.807, 2.05) is 13.0 Å². The summed E-state index contributed by atoms with van der Waals surface area (Å²) in [5.74, 6) is 0.156. The third-order valence-corrected chi connectivity index (χ3v) is 5.38. The lowest BCUT2D eigenvalue weighted by molar-refractivity contribution is 0.0631. The van der Waals surface area contributed by atoms with Crippen LogP contribution in [0.2, 0.25) is 0 Å². The molecule has 2 aromatic heterocycles. The number of carbonyl (C=O) groups is 3. The standard InChI is InChI=1S/C24H18N4O5/c1-13-10-16(22-25-14(2)27-33-22)6-8-20(13)26-21(29)15-5-7-18-19(11-15)24(31)28(23(18)30)12-17-4-3-9-32-17/h3-11H,12H2,1-2H3,(H,26,29). The number of imide groups is 1. The van der Waals surface area contributed by atoms with E-state index < -0.39 is 17.7 Å². The number of nitrogens with zero attached hydrogens (tertiary/aromatic N) is 3. The van der Waals surface area contributed by atoms with E-state index in [0.717, 1.165) is 16.0 Å². The van der Waals surface area contributed by atoms with Crippen LogP contribution in [0.1, 0.15) is 48.2 Å². The third-order valence-electron chi connectivity index (χ3n) is 5.38. The normalized spacial score (nSPS) is 12.8. The molecule has 0 bridgehead atoms. The third kappa shape index (κ3) is 3.69. The van der Waals surface area contributed by atoms with Crippen molar-refractivity contribution in [1.29, 1.82) is 0 Å². The average Bonchev–Trinajstić information content (AvgIpc) is 3.53. The van der Waals surface area contributed by atoms with Crippen molar-refractivity contribution >= 4 is 23.4 Å². The molecular weight excluding hydrogens is 424 g/mol. The summed E-state index contributed by atoms with van der Waals surface area (Å²) < 4.78 is 10.4. The number of fused-ring (bicyclic) bond motifs is 1. The number of carbonyl (C=O) groups excluding carboxylic acids is 3.